The Morgan fingerprint density at radius 2 is 1.67 bits per heavy atom. The summed E-state index contributed by atoms with van der Waals surface area (Å²) in [4.78, 5) is 4.22. The molecule has 0 aliphatic heterocycles. The topological polar surface area (TPSA) is 64.7 Å². The van der Waals surface area contributed by atoms with E-state index in [4.69, 9.17) is 17.3 Å². The lowest BCUT2D eigenvalue weighted by atomic mass is 10.0. The van der Waals surface area contributed by atoms with Gasteiger partial charge in [-0.15, -0.1) is 10.2 Å². The van der Waals surface area contributed by atoms with Gasteiger partial charge in [-0.2, -0.15) is 0 Å². The molecular weight excluding hydrogens is 291 g/mol. The quantitative estimate of drug-likeness (QED) is 0.785. The van der Waals surface area contributed by atoms with Crippen LogP contribution in [0.15, 0.2) is 48.5 Å². The summed E-state index contributed by atoms with van der Waals surface area (Å²) in [7, 11) is 0. The predicted octanol–water partition coefficient (Wildman–Crippen LogP) is 3.58. The first-order valence-corrected chi connectivity index (χ1v) is 6.53. The number of rotatable bonds is 2. The van der Waals surface area contributed by atoms with E-state index in [1.165, 1.54) is 12.1 Å². The Kier molecular flexibility index (Phi) is 3.50. The van der Waals surface area contributed by atoms with Gasteiger partial charge in [0.25, 0.3) is 0 Å². The lowest BCUT2D eigenvalue weighted by Gasteiger charge is -2.08. The molecule has 0 aliphatic rings. The summed E-state index contributed by atoms with van der Waals surface area (Å²) >= 11 is 6.00. The predicted molar refractivity (Wildman–Crippen MR) is 80.1 cm³/mol. The second-order valence-corrected chi connectivity index (χ2v) is 4.82. The summed E-state index contributed by atoms with van der Waals surface area (Å²) in [6, 6.07) is 13.1. The number of hydrogen-bond acceptors (Lipinski definition) is 4. The van der Waals surface area contributed by atoms with Crippen LogP contribution in [0.25, 0.3) is 22.5 Å². The minimum Gasteiger partial charge on any atom is -0.366 e. The zero-order valence-corrected chi connectivity index (χ0v) is 11.5. The molecule has 1 heterocycles. The number of nitrogens with zero attached hydrogens (tertiary/aromatic N) is 3. The van der Waals surface area contributed by atoms with Crippen molar-refractivity contribution < 1.29 is 4.39 Å². The van der Waals surface area contributed by atoms with E-state index in [1.54, 1.807) is 24.3 Å². The van der Waals surface area contributed by atoms with E-state index < -0.39 is 0 Å². The lowest BCUT2D eigenvalue weighted by Crippen LogP contribution is -2.02. The van der Waals surface area contributed by atoms with Crippen LogP contribution in [-0.4, -0.2) is 15.2 Å². The van der Waals surface area contributed by atoms with Crippen LogP contribution in [0, 0.1) is 5.82 Å². The normalized spacial score (nSPS) is 10.6. The van der Waals surface area contributed by atoms with Gasteiger partial charge in [-0.05, 0) is 36.4 Å². The number of hydrogen-bond donors (Lipinski definition) is 1. The molecule has 0 unspecified atom stereocenters. The van der Waals surface area contributed by atoms with Gasteiger partial charge in [0.2, 0.25) is 5.95 Å². The summed E-state index contributed by atoms with van der Waals surface area (Å²) in [5, 5.41) is 8.47. The smallest absolute Gasteiger partial charge is 0.240 e. The fourth-order valence-corrected chi connectivity index (χ4v) is 2.17. The first-order valence-electron chi connectivity index (χ1n) is 6.15. The molecule has 0 aliphatic carbocycles. The van der Waals surface area contributed by atoms with Gasteiger partial charge in [0.15, 0.2) is 0 Å². The van der Waals surface area contributed by atoms with Crippen LogP contribution in [0.5, 0.6) is 0 Å². The van der Waals surface area contributed by atoms with Crippen molar-refractivity contribution in [1.29, 1.82) is 0 Å². The fourth-order valence-electron chi connectivity index (χ4n) is 1.98. The molecule has 0 saturated carbocycles. The van der Waals surface area contributed by atoms with Gasteiger partial charge in [0.1, 0.15) is 17.2 Å². The minimum atomic E-state index is -0.321. The molecular formula is C15H10ClFN4. The third kappa shape index (κ3) is 2.83. The van der Waals surface area contributed by atoms with Crippen LogP contribution in [0.1, 0.15) is 0 Å². The Labute approximate surface area is 125 Å². The van der Waals surface area contributed by atoms with Crippen molar-refractivity contribution in [2.45, 2.75) is 0 Å². The molecule has 6 heteroatoms. The highest BCUT2D eigenvalue weighted by Gasteiger charge is 2.13. The highest BCUT2D eigenvalue weighted by molar-refractivity contribution is 6.30. The van der Waals surface area contributed by atoms with E-state index in [1.807, 2.05) is 12.1 Å². The van der Waals surface area contributed by atoms with E-state index in [-0.39, 0.29) is 11.8 Å². The molecule has 3 rings (SSSR count). The van der Waals surface area contributed by atoms with Crippen LogP contribution in [0.2, 0.25) is 5.02 Å². The van der Waals surface area contributed by atoms with E-state index in [9.17, 15) is 4.39 Å². The summed E-state index contributed by atoms with van der Waals surface area (Å²) in [5.41, 5.74) is 8.16. The van der Waals surface area contributed by atoms with Gasteiger partial charge in [0.05, 0.1) is 0 Å². The Morgan fingerprint density at radius 3 is 2.38 bits per heavy atom. The second kappa shape index (κ2) is 5.46. The Balaban J connectivity index is 2.20. The molecule has 0 radical (unpaired) electrons. The number of halogens is 2. The van der Waals surface area contributed by atoms with Crippen LogP contribution >= 0.6 is 11.6 Å². The minimum absolute atomic E-state index is 0.0557. The van der Waals surface area contributed by atoms with E-state index in [0.717, 1.165) is 5.56 Å². The van der Waals surface area contributed by atoms with Crippen LogP contribution in [0.4, 0.5) is 10.3 Å². The standard InChI is InChI=1S/C15H10ClFN4/c16-11-3-1-2-10(8-11)14-13(19-15(18)21-20-14)9-4-6-12(17)7-5-9/h1-8H,(H2,18,19,21). The highest BCUT2D eigenvalue weighted by atomic mass is 35.5. The monoisotopic (exact) mass is 300 g/mol. The zero-order chi connectivity index (χ0) is 14.8. The maximum absolute atomic E-state index is 13.1. The van der Waals surface area contributed by atoms with Crippen molar-refractivity contribution in [1.82, 2.24) is 15.2 Å². The maximum atomic E-state index is 13.1. The van der Waals surface area contributed by atoms with E-state index >= 15 is 0 Å². The second-order valence-electron chi connectivity index (χ2n) is 4.38. The maximum Gasteiger partial charge on any atom is 0.240 e. The fraction of sp³-hybridized carbons (Fsp3) is 0. The Morgan fingerprint density at radius 1 is 0.905 bits per heavy atom. The van der Waals surface area contributed by atoms with Gasteiger partial charge in [-0.25, -0.2) is 9.37 Å². The van der Waals surface area contributed by atoms with Crippen molar-refractivity contribution in [3.63, 3.8) is 0 Å². The average Bonchev–Trinajstić information content (AvgIpc) is 2.48. The van der Waals surface area contributed by atoms with Gasteiger partial charge in [0, 0.05) is 16.1 Å². The van der Waals surface area contributed by atoms with Crippen LogP contribution < -0.4 is 5.73 Å². The Bertz CT molecular complexity index is 790. The van der Waals surface area contributed by atoms with Crippen LogP contribution in [-0.2, 0) is 0 Å². The third-order valence-electron chi connectivity index (χ3n) is 2.92. The number of anilines is 1. The number of nitrogen functional groups attached to an aromatic ring is 1. The molecule has 0 atom stereocenters. The molecule has 4 nitrogen and oxygen atoms in total. The highest BCUT2D eigenvalue weighted by Crippen LogP contribution is 2.30. The molecule has 104 valence electrons. The van der Waals surface area contributed by atoms with Crippen LogP contribution in [0.3, 0.4) is 0 Å². The summed E-state index contributed by atoms with van der Waals surface area (Å²) in [5.74, 6) is -0.266. The molecule has 3 aromatic rings. The van der Waals surface area contributed by atoms with Gasteiger partial charge < -0.3 is 5.73 Å². The molecule has 2 N–H and O–H groups in total. The molecule has 0 bridgehead atoms. The Hall–Kier alpha value is -2.53. The first kappa shape index (κ1) is 13.5. The molecule has 2 aromatic carbocycles. The largest absolute Gasteiger partial charge is 0.366 e. The van der Waals surface area contributed by atoms with Crippen molar-refractivity contribution in [3.8, 4) is 22.5 Å². The molecule has 0 saturated heterocycles. The lowest BCUT2D eigenvalue weighted by molar-refractivity contribution is 0.628. The zero-order valence-electron chi connectivity index (χ0n) is 10.8. The number of nitrogens with two attached hydrogens (primary N) is 1. The van der Waals surface area contributed by atoms with Crippen molar-refractivity contribution in [3.05, 3.63) is 59.4 Å². The molecule has 0 amide bonds. The first-order chi connectivity index (χ1) is 10.1. The van der Waals surface area contributed by atoms with Crippen molar-refractivity contribution >= 4 is 17.5 Å². The SMILES string of the molecule is Nc1nnc(-c2cccc(Cl)c2)c(-c2ccc(F)cc2)n1. The van der Waals surface area contributed by atoms with Gasteiger partial charge in [-0.1, -0.05) is 23.7 Å². The summed E-state index contributed by atoms with van der Waals surface area (Å²) in [6.45, 7) is 0. The number of aromatic nitrogens is 3. The van der Waals surface area contributed by atoms with Gasteiger partial charge in [-0.3, -0.25) is 0 Å². The number of benzene rings is 2. The van der Waals surface area contributed by atoms with Crippen molar-refractivity contribution in [2.75, 3.05) is 5.73 Å². The van der Waals surface area contributed by atoms with E-state index in [2.05, 4.69) is 15.2 Å². The van der Waals surface area contributed by atoms with E-state index in [0.29, 0.717) is 22.0 Å². The molecule has 1 aromatic heterocycles. The molecule has 0 spiro atoms. The average molecular weight is 301 g/mol. The van der Waals surface area contributed by atoms with Crippen molar-refractivity contribution in [2.24, 2.45) is 0 Å². The third-order valence-corrected chi connectivity index (χ3v) is 3.15. The molecule has 0 fully saturated rings. The summed E-state index contributed by atoms with van der Waals surface area (Å²) < 4.78 is 13.1. The molecule has 21 heavy (non-hydrogen) atoms. The van der Waals surface area contributed by atoms with Gasteiger partial charge >= 0.3 is 0 Å². The summed E-state index contributed by atoms with van der Waals surface area (Å²) in [6.07, 6.45) is 0.